The normalized spacial score (nSPS) is 12.4. The Morgan fingerprint density at radius 1 is 1.39 bits per heavy atom. The lowest BCUT2D eigenvalue weighted by Gasteiger charge is -2.17. The minimum Gasteiger partial charge on any atom is -0.497 e. The summed E-state index contributed by atoms with van der Waals surface area (Å²) in [5.41, 5.74) is 0.673. The van der Waals surface area contributed by atoms with E-state index in [1.54, 1.807) is 23.5 Å². The number of halogens is 1. The summed E-state index contributed by atoms with van der Waals surface area (Å²) < 4.78 is 19.0. The Balaban J connectivity index is 2.22. The maximum absolute atomic E-state index is 14.0. The van der Waals surface area contributed by atoms with Crippen LogP contribution in [0, 0.1) is 5.82 Å². The number of hydrogen-bond acceptors (Lipinski definition) is 3. The minimum atomic E-state index is -0.231. The van der Waals surface area contributed by atoms with E-state index in [0.717, 1.165) is 6.42 Å². The fourth-order valence-corrected chi connectivity index (χ4v) is 2.67. The van der Waals surface area contributed by atoms with Crippen molar-refractivity contribution in [2.75, 3.05) is 14.2 Å². The number of methoxy groups -OCH3 is 1. The third kappa shape index (κ3) is 2.89. The second-order valence-electron chi connectivity index (χ2n) is 4.01. The first-order chi connectivity index (χ1) is 8.74. The zero-order valence-corrected chi connectivity index (χ0v) is 11.3. The van der Waals surface area contributed by atoms with E-state index in [0.29, 0.717) is 11.3 Å². The molecule has 96 valence electrons. The number of nitrogens with one attached hydrogen (secondary N) is 1. The van der Waals surface area contributed by atoms with E-state index in [2.05, 4.69) is 11.4 Å². The Bertz CT molecular complexity index is 499. The van der Waals surface area contributed by atoms with Gasteiger partial charge in [0.2, 0.25) is 0 Å². The second-order valence-corrected chi connectivity index (χ2v) is 5.04. The molecule has 1 aromatic heterocycles. The third-order valence-electron chi connectivity index (χ3n) is 2.92. The van der Waals surface area contributed by atoms with Crippen molar-refractivity contribution in [3.8, 4) is 5.75 Å². The van der Waals surface area contributed by atoms with Gasteiger partial charge in [-0.3, -0.25) is 0 Å². The van der Waals surface area contributed by atoms with E-state index in [1.165, 1.54) is 18.1 Å². The highest BCUT2D eigenvalue weighted by Crippen LogP contribution is 2.25. The van der Waals surface area contributed by atoms with Crippen LogP contribution in [-0.2, 0) is 6.42 Å². The van der Waals surface area contributed by atoms with Crippen molar-refractivity contribution >= 4 is 11.3 Å². The first-order valence-electron chi connectivity index (χ1n) is 5.77. The van der Waals surface area contributed by atoms with Gasteiger partial charge < -0.3 is 10.1 Å². The topological polar surface area (TPSA) is 21.3 Å². The molecule has 2 nitrogen and oxygen atoms in total. The summed E-state index contributed by atoms with van der Waals surface area (Å²) in [6, 6.07) is 9.05. The number of rotatable bonds is 5. The van der Waals surface area contributed by atoms with Crippen LogP contribution >= 0.6 is 11.3 Å². The molecule has 1 atom stereocenters. The van der Waals surface area contributed by atoms with Crippen molar-refractivity contribution < 1.29 is 9.13 Å². The number of ether oxygens (including phenoxy) is 1. The van der Waals surface area contributed by atoms with Crippen LogP contribution in [0.1, 0.15) is 16.5 Å². The lowest BCUT2D eigenvalue weighted by Crippen LogP contribution is -2.19. The standard InChI is InChI=1S/C14H16FNOS/c1-16-14(9-11-4-3-7-18-11)12-6-5-10(17-2)8-13(12)15/h3-8,14,16H,9H2,1-2H3. The lowest BCUT2D eigenvalue weighted by atomic mass is 10.0. The lowest BCUT2D eigenvalue weighted by molar-refractivity contribution is 0.409. The van der Waals surface area contributed by atoms with E-state index in [1.807, 2.05) is 18.5 Å². The summed E-state index contributed by atoms with van der Waals surface area (Å²) in [5.74, 6) is 0.312. The fourth-order valence-electron chi connectivity index (χ4n) is 1.91. The van der Waals surface area contributed by atoms with E-state index >= 15 is 0 Å². The molecular weight excluding hydrogens is 249 g/mol. The van der Waals surface area contributed by atoms with Gasteiger partial charge >= 0.3 is 0 Å². The highest BCUT2D eigenvalue weighted by Gasteiger charge is 2.15. The second kappa shape index (κ2) is 5.98. The Kier molecular flexibility index (Phi) is 4.33. The summed E-state index contributed by atoms with van der Waals surface area (Å²) in [4.78, 5) is 1.24. The molecule has 1 heterocycles. The van der Waals surface area contributed by atoms with Crippen molar-refractivity contribution in [3.63, 3.8) is 0 Å². The zero-order valence-electron chi connectivity index (χ0n) is 10.4. The number of likely N-dealkylation sites (N-methyl/N-ethyl adjacent to an activating group) is 1. The van der Waals surface area contributed by atoms with Gasteiger partial charge in [0.1, 0.15) is 11.6 Å². The van der Waals surface area contributed by atoms with Crippen molar-refractivity contribution in [1.29, 1.82) is 0 Å². The van der Waals surface area contributed by atoms with Crippen LogP contribution in [0.4, 0.5) is 4.39 Å². The van der Waals surface area contributed by atoms with Crippen LogP contribution in [0.15, 0.2) is 35.7 Å². The van der Waals surface area contributed by atoms with Gasteiger partial charge in [0.25, 0.3) is 0 Å². The van der Waals surface area contributed by atoms with E-state index in [9.17, 15) is 4.39 Å². The van der Waals surface area contributed by atoms with Gasteiger partial charge in [0, 0.05) is 29.0 Å². The molecule has 0 bridgehead atoms. The number of thiophene rings is 1. The third-order valence-corrected chi connectivity index (χ3v) is 3.82. The molecule has 0 aliphatic carbocycles. The fraction of sp³-hybridized carbons (Fsp3) is 0.286. The Hall–Kier alpha value is -1.39. The molecule has 0 aliphatic rings. The number of benzene rings is 1. The smallest absolute Gasteiger partial charge is 0.131 e. The van der Waals surface area contributed by atoms with Gasteiger partial charge in [-0.1, -0.05) is 12.1 Å². The van der Waals surface area contributed by atoms with Crippen molar-refractivity contribution in [2.24, 2.45) is 0 Å². The summed E-state index contributed by atoms with van der Waals surface area (Å²) in [5, 5.41) is 5.19. The van der Waals surface area contributed by atoms with Crippen LogP contribution in [0.25, 0.3) is 0 Å². The molecule has 0 amide bonds. The molecule has 4 heteroatoms. The van der Waals surface area contributed by atoms with Crippen LogP contribution in [0.2, 0.25) is 0 Å². The molecule has 18 heavy (non-hydrogen) atoms. The van der Waals surface area contributed by atoms with Gasteiger partial charge in [-0.15, -0.1) is 11.3 Å². The van der Waals surface area contributed by atoms with E-state index in [-0.39, 0.29) is 11.9 Å². The molecule has 0 spiro atoms. The SMILES string of the molecule is CNC(Cc1cccs1)c1ccc(OC)cc1F. The van der Waals surface area contributed by atoms with E-state index < -0.39 is 0 Å². The first-order valence-corrected chi connectivity index (χ1v) is 6.65. The largest absolute Gasteiger partial charge is 0.497 e. The molecular formula is C14H16FNOS. The van der Waals surface area contributed by atoms with Crippen molar-refractivity contribution in [3.05, 3.63) is 52.0 Å². The summed E-state index contributed by atoms with van der Waals surface area (Å²) in [6.07, 6.45) is 0.789. The van der Waals surface area contributed by atoms with Crippen molar-refractivity contribution in [1.82, 2.24) is 5.32 Å². The van der Waals surface area contributed by atoms with Gasteiger partial charge in [-0.05, 0) is 24.6 Å². The summed E-state index contributed by atoms with van der Waals surface area (Å²) >= 11 is 1.69. The molecule has 0 fully saturated rings. The predicted molar refractivity (Wildman–Crippen MR) is 72.8 cm³/mol. The molecule has 1 N–H and O–H groups in total. The molecule has 0 radical (unpaired) electrons. The van der Waals surface area contributed by atoms with Crippen LogP contribution in [0.5, 0.6) is 5.75 Å². The predicted octanol–water partition coefficient (Wildman–Crippen LogP) is 3.40. The molecule has 2 rings (SSSR count). The maximum atomic E-state index is 14.0. The van der Waals surface area contributed by atoms with Crippen LogP contribution in [0.3, 0.4) is 0 Å². The monoisotopic (exact) mass is 265 g/mol. The van der Waals surface area contributed by atoms with Crippen LogP contribution < -0.4 is 10.1 Å². The average Bonchev–Trinajstić information content (AvgIpc) is 2.89. The summed E-state index contributed by atoms with van der Waals surface area (Å²) in [6.45, 7) is 0. The van der Waals surface area contributed by atoms with Crippen LogP contribution in [-0.4, -0.2) is 14.2 Å². The molecule has 1 aromatic carbocycles. The van der Waals surface area contributed by atoms with E-state index in [4.69, 9.17) is 4.74 Å². The Morgan fingerprint density at radius 2 is 2.22 bits per heavy atom. The quantitative estimate of drug-likeness (QED) is 0.894. The van der Waals surface area contributed by atoms with Gasteiger partial charge in [-0.2, -0.15) is 0 Å². The van der Waals surface area contributed by atoms with Gasteiger partial charge in [0.15, 0.2) is 0 Å². The average molecular weight is 265 g/mol. The zero-order chi connectivity index (χ0) is 13.0. The molecule has 2 aromatic rings. The number of hydrogen-bond donors (Lipinski definition) is 1. The highest BCUT2D eigenvalue weighted by atomic mass is 32.1. The van der Waals surface area contributed by atoms with Gasteiger partial charge in [-0.25, -0.2) is 4.39 Å². The maximum Gasteiger partial charge on any atom is 0.131 e. The van der Waals surface area contributed by atoms with Crippen molar-refractivity contribution in [2.45, 2.75) is 12.5 Å². The highest BCUT2D eigenvalue weighted by molar-refractivity contribution is 7.09. The molecule has 0 aliphatic heterocycles. The van der Waals surface area contributed by atoms with Gasteiger partial charge in [0.05, 0.1) is 7.11 Å². The Labute approximate surface area is 110 Å². The summed E-state index contributed by atoms with van der Waals surface area (Å²) in [7, 11) is 3.39. The minimum absolute atomic E-state index is 0.0189. The molecule has 0 saturated heterocycles. The first kappa shape index (κ1) is 13.1. The molecule has 0 saturated carbocycles. The Morgan fingerprint density at radius 3 is 2.78 bits per heavy atom. The molecule has 1 unspecified atom stereocenters.